The van der Waals surface area contributed by atoms with Gasteiger partial charge < -0.3 is 25.2 Å². The minimum atomic E-state index is 0.151. The van der Waals surface area contributed by atoms with Crippen molar-refractivity contribution in [2.75, 3.05) is 38.8 Å². The molecule has 1 aliphatic heterocycles. The topological polar surface area (TPSA) is 68.0 Å². The fourth-order valence-corrected chi connectivity index (χ4v) is 3.08. The van der Waals surface area contributed by atoms with Gasteiger partial charge in [-0.05, 0) is 37.3 Å². The predicted molar refractivity (Wildman–Crippen MR) is 84.2 cm³/mol. The Kier molecular flexibility index (Phi) is 5.70. The van der Waals surface area contributed by atoms with Crippen molar-refractivity contribution in [3.8, 4) is 11.5 Å². The van der Waals surface area contributed by atoms with Crippen LogP contribution in [0.1, 0.15) is 19.3 Å². The summed E-state index contributed by atoms with van der Waals surface area (Å²) in [6.45, 7) is 2.00. The molecule has 2 unspecified atom stereocenters. The number of aliphatic hydroxyl groups is 1. The number of nitrogens with zero attached hydrogens (tertiary/aromatic N) is 1. The van der Waals surface area contributed by atoms with Crippen molar-refractivity contribution in [1.82, 2.24) is 0 Å². The van der Waals surface area contributed by atoms with Gasteiger partial charge in [0.1, 0.15) is 11.5 Å². The molecular formula is C16H26N2O3. The van der Waals surface area contributed by atoms with E-state index in [4.69, 9.17) is 20.3 Å². The monoisotopic (exact) mass is 294 g/mol. The number of ether oxygens (including phenoxy) is 2. The van der Waals surface area contributed by atoms with Crippen molar-refractivity contribution in [3.05, 3.63) is 18.2 Å². The van der Waals surface area contributed by atoms with Gasteiger partial charge >= 0.3 is 0 Å². The Morgan fingerprint density at radius 2 is 2.10 bits per heavy atom. The fourth-order valence-electron chi connectivity index (χ4n) is 3.08. The number of nitrogens with two attached hydrogens (primary N) is 1. The zero-order valence-corrected chi connectivity index (χ0v) is 12.9. The van der Waals surface area contributed by atoms with E-state index in [0.717, 1.165) is 49.5 Å². The SMILES string of the molecule is COc1ccc(OC)c(N2CC(N)CC(CCCO)C2)c1. The molecule has 2 atom stereocenters. The van der Waals surface area contributed by atoms with Gasteiger partial charge in [0.25, 0.3) is 0 Å². The standard InChI is InChI=1S/C16H26N2O3/c1-20-14-5-6-16(21-2)15(9-14)18-10-12(4-3-7-19)8-13(17)11-18/h5-6,9,12-13,19H,3-4,7-8,10-11,17H2,1-2H3. The van der Waals surface area contributed by atoms with Gasteiger partial charge in [-0.15, -0.1) is 0 Å². The first-order chi connectivity index (χ1) is 10.2. The molecule has 3 N–H and O–H groups in total. The largest absolute Gasteiger partial charge is 0.497 e. The normalized spacial score (nSPS) is 22.2. The number of hydrogen-bond donors (Lipinski definition) is 2. The van der Waals surface area contributed by atoms with Gasteiger partial charge in [-0.1, -0.05) is 0 Å². The average Bonchev–Trinajstić information content (AvgIpc) is 2.51. The second-order valence-electron chi connectivity index (χ2n) is 5.67. The number of anilines is 1. The maximum Gasteiger partial charge on any atom is 0.142 e. The molecule has 1 fully saturated rings. The van der Waals surface area contributed by atoms with E-state index in [1.165, 1.54) is 0 Å². The second kappa shape index (κ2) is 7.52. The Labute approximate surface area is 126 Å². The molecule has 0 aromatic heterocycles. The average molecular weight is 294 g/mol. The molecule has 5 nitrogen and oxygen atoms in total. The number of benzene rings is 1. The molecule has 2 rings (SSSR count). The Hall–Kier alpha value is -1.46. The van der Waals surface area contributed by atoms with Gasteiger partial charge in [0, 0.05) is 31.8 Å². The molecular weight excluding hydrogens is 268 g/mol. The highest BCUT2D eigenvalue weighted by Gasteiger charge is 2.26. The summed E-state index contributed by atoms with van der Waals surface area (Å²) in [4.78, 5) is 2.28. The van der Waals surface area contributed by atoms with E-state index in [2.05, 4.69) is 4.90 Å². The van der Waals surface area contributed by atoms with E-state index in [-0.39, 0.29) is 12.6 Å². The molecule has 0 saturated carbocycles. The van der Waals surface area contributed by atoms with Gasteiger partial charge in [0.15, 0.2) is 0 Å². The van der Waals surface area contributed by atoms with E-state index in [9.17, 15) is 0 Å². The van der Waals surface area contributed by atoms with Gasteiger partial charge in [-0.2, -0.15) is 0 Å². The van der Waals surface area contributed by atoms with Crippen LogP contribution in [0.25, 0.3) is 0 Å². The Bertz CT molecular complexity index is 453. The third-order valence-corrected chi connectivity index (χ3v) is 4.07. The molecule has 118 valence electrons. The number of hydrogen-bond acceptors (Lipinski definition) is 5. The van der Waals surface area contributed by atoms with Crippen molar-refractivity contribution in [1.29, 1.82) is 0 Å². The minimum absolute atomic E-state index is 0.151. The summed E-state index contributed by atoms with van der Waals surface area (Å²) in [5.41, 5.74) is 7.24. The van der Waals surface area contributed by atoms with E-state index in [0.29, 0.717) is 5.92 Å². The summed E-state index contributed by atoms with van der Waals surface area (Å²) >= 11 is 0. The van der Waals surface area contributed by atoms with Crippen molar-refractivity contribution in [3.63, 3.8) is 0 Å². The zero-order valence-electron chi connectivity index (χ0n) is 12.9. The van der Waals surface area contributed by atoms with Gasteiger partial charge in [0.2, 0.25) is 0 Å². The van der Waals surface area contributed by atoms with Crippen LogP contribution in [-0.2, 0) is 0 Å². The summed E-state index contributed by atoms with van der Waals surface area (Å²) < 4.78 is 10.8. The molecule has 21 heavy (non-hydrogen) atoms. The predicted octanol–water partition coefficient (Wildman–Crippen LogP) is 1.63. The van der Waals surface area contributed by atoms with E-state index < -0.39 is 0 Å². The van der Waals surface area contributed by atoms with Crippen LogP contribution < -0.4 is 20.1 Å². The zero-order chi connectivity index (χ0) is 15.2. The quantitative estimate of drug-likeness (QED) is 0.834. The summed E-state index contributed by atoms with van der Waals surface area (Å²) in [5.74, 6) is 2.17. The van der Waals surface area contributed by atoms with Crippen LogP contribution in [0.15, 0.2) is 18.2 Å². The maximum atomic E-state index is 9.01. The van der Waals surface area contributed by atoms with Crippen molar-refractivity contribution < 1.29 is 14.6 Å². The summed E-state index contributed by atoms with van der Waals surface area (Å²) in [6.07, 6.45) is 2.86. The lowest BCUT2D eigenvalue weighted by atomic mass is 9.90. The molecule has 1 heterocycles. The molecule has 1 aromatic rings. The summed E-state index contributed by atoms with van der Waals surface area (Å²) in [7, 11) is 3.34. The minimum Gasteiger partial charge on any atom is -0.497 e. The molecule has 1 aliphatic rings. The molecule has 5 heteroatoms. The van der Waals surface area contributed by atoms with Gasteiger partial charge in [0.05, 0.1) is 19.9 Å². The molecule has 0 spiro atoms. The third-order valence-electron chi connectivity index (χ3n) is 4.07. The summed E-state index contributed by atoms with van der Waals surface area (Å²) in [6, 6.07) is 5.98. The Balaban J connectivity index is 2.18. The smallest absolute Gasteiger partial charge is 0.142 e. The lowest BCUT2D eigenvalue weighted by Crippen LogP contribution is -2.47. The maximum absolute atomic E-state index is 9.01. The Morgan fingerprint density at radius 1 is 1.29 bits per heavy atom. The first-order valence-corrected chi connectivity index (χ1v) is 7.51. The highest BCUT2D eigenvalue weighted by atomic mass is 16.5. The molecule has 0 aliphatic carbocycles. The van der Waals surface area contributed by atoms with Crippen LogP contribution in [0, 0.1) is 5.92 Å². The second-order valence-corrected chi connectivity index (χ2v) is 5.67. The van der Waals surface area contributed by atoms with Crippen LogP contribution in [0.4, 0.5) is 5.69 Å². The lowest BCUT2D eigenvalue weighted by molar-refractivity contribution is 0.258. The number of methoxy groups -OCH3 is 2. The highest BCUT2D eigenvalue weighted by molar-refractivity contribution is 5.62. The van der Waals surface area contributed by atoms with E-state index in [1.807, 2.05) is 18.2 Å². The lowest BCUT2D eigenvalue weighted by Gasteiger charge is -2.38. The Morgan fingerprint density at radius 3 is 2.76 bits per heavy atom. The first-order valence-electron chi connectivity index (χ1n) is 7.51. The van der Waals surface area contributed by atoms with Crippen LogP contribution in [0.5, 0.6) is 11.5 Å². The molecule has 0 amide bonds. The number of rotatable bonds is 6. The molecule has 0 bridgehead atoms. The van der Waals surface area contributed by atoms with Gasteiger partial charge in [-0.25, -0.2) is 0 Å². The highest BCUT2D eigenvalue weighted by Crippen LogP contribution is 2.35. The van der Waals surface area contributed by atoms with Gasteiger partial charge in [-0.3, -0.25) is 0 Å². The van der Waals surface area contributed by atoms with Crippen LogP contribution in [0.2, 0.25) is 0 Å². The number of aliphatic hydroxyl groups excluding tert-OH is 1. The molecule has 1 saturated heterocycles. The van der Waals surface area contributed by atoms with E-state index >= 15 is 0 Å². The summed E-state index contributed by atoms with van der Waals surface area (Å²) in [5, 5.41) is 9.01. The van der Waals surface area contributed by atoms with Crippen molar-refractivity contribution in [2.45, 2.75) is 25.3 Å². The van der Waals surface area contributed by atoms with Crippen molar-refractivity contribution >= 4 is 5.69 Å². The van der Waals surface area contributed by atoms with Crippen LogP contribution in [0.3, 0.4) is 0 Å². The van der Waals surface area contributed by atoms with Crippen LogP contribution >= 0.6 is 0 Å². The van der Waals surface area contributed by atoms with Crippen LogP contribution in [-0.4, -0.2) is 45.1 Å². The molecule has 0 radical (unpaired) electrons. The van der Waals surface area contributed by atoms with E-state index in [1.54, 1.807) is 14.2 Å². The van der Waals surface area contributed by atoms with Crippen molar-refractivity contribution in [2.24, 2.45) is 11.7 Å². The molecule has 1 aromatic carbocycles. The third kappa shape index (κ3) is 4.02. The fraction of sp³-hybridized carbons (Fsp3) is 0.625. The number of piperidine rings is 1. The first kappa shape index (κ1) is 15.9.